The van der Waals surface area contributed by atoms with Gasteiger partial charge in [0.2, 0.25) is 0 Å². The third kappa shape index (κ3) is 3.51. The van der Waals surface area contributed by atoms with Crippen molar-refractivity contribution in [3.8, 4) is 5.75 Å². The van der Waals surface area contributed by atoms with E-state index in [-0.39, 0.29) is 29.6 Å². The fourth-order valence-corrected chi connectivity index (χ4v) is 3.50. The molecule has 2 aliphatic rings. The summed E-state index contributed by atoms with van der Waals surface area (Å²) in [6.45, 7) is 1.73. The average molecular weight is 347 g/mol. The van der Waals surface area contributed by atoms with E-state index < -0.39 is 5.91 Å². The zero-order chi connectivity index (χ0) is 17.1. The molecular weight excluding hydrogens is 326 g/mol. The number of hydrogen-bond acceptors (Lipinski definition) is 4. The fourth-order valence-electron chi connectivity index (χ4n) is 3.21. The van der Waals surface area contributed by atoms with Crippen molar-refractivity contribution >= 4 is 29.1 Å². The second-order valence-corrected chi connectivity index (χ2v) is 6.60. The lowest BCUT2D eigenvalue weighted by atomic mass is 9.83. The number of benzene rings is 1. The Morgan fingerprint density at radius 2 is 2.12 bits per heavy atom. The van der Waals surface area contributed by atoms with Crippen LogP contribution in [0.4, 0.5) is 0 Å². The maximum atomic E-state index is 12.6. The van der Waals surface area contributed by atoms with Gasteiger partial charge < -0.3 is 10.1 Å². The highest BCUT2D eigenvalue weighted by molar-refractivity contribution is 7.80. The Morgan fingerprint density at radius 1 is 1.38 bits per heavy atom. The van der Waals surface area contributed by atoms with E-state index in [1.165, 1.54) is 0 Å². The van der Waals surface area contributed by atoms with Crippen LogP contribution in [0.5, 0.6) is 5.75 Å². The van der Waals surface area contributed by atoms with E-state index in [2.05, 4.69) is 10.7 Å². The third-order valence-electron chi connectivity index (χ3n) is 4.50. The first-order valence-corrected chi connectivity index (χ1v) is 8.59. The lowest BCUT2D eigenvalue weighted by molar-refractivity contribution is -0.143. The highest BCUT2D eigenvalue weighted by Gasteiger charge is 2.41. The molecule has 24 heavy (non-hydrogen) atoms. The Kier molecular flexibility index (Phi) is 4.99. The molecule has 3 rings (SSSR count). The normalized spacial score (nSPS) is 23.3. The summed E-state index contributed by atoms with van der Waals surface area (Å²) >= 11 is 5.23. The average Bonchev–Trinajstić information content (AvgIpc) is 2.58. The van der Waals surface area contributed by atoms with Gasteiger partial charge in [-0.2, -0.15) is 5.01 Å². The van der Waals surface area contributed by atoms with Crippen LogP contribution in [0.3, 0.4) is 0 Å². The Hall–Kier alpha value is -2.15. The first kappa shape index (κ1) is 16.7. The number of para-hydroxylation sites is 1. The maximum Gasteiger partial charge on any atom is 0.276 e. The molecule has 2 fully saturated rings. The molecule has 1 aromatic rings. The summed E-state index contributed by atoms with van der Waals surface area (Å²) in [5, 5.41) is 4.58. The molecule has 0 bridgehead atoms. The van der Waals surface area contributed by atoms with Crippen LogP contribution in [0.1, 0.15) is 31.2 Å². The third-order valence-corrected chi connectivity index (χ3v) is 4.80. The summed E-state index contributed by atoms with van der Waals surface area (Å²) in [6, 6.07) is 7.54. The molecule has 2 unspecified atom stereocenters. The van der Waals surface area contributed by atoms with Crippen LogP contribution in [-0.2, 0) is 9.59 Å². The predicted octanol–water partition coefficient (Wildman–Crippen LogP) is 1.68. The highest BCUT2D eigenvalue weighted by atomic mass is 32.1. The number of aryl methyl sites for hydroxylation is 1. The highest BCUT2D eigenvalue weighted by Crippen LogP contribution is 2.28. The van der Waals surface area contributed by atoms with Crippen molar-refractivity contribution in [3.05, 3.63) is 29.8 Å². The van der Waals surface area contributed by atoms with E-state index in [1.54, 1.807) is 6.07 Å². The Bertz CT molecular complexity index is 664. The van der Waals surface area contributed by atoms with Crippen LogP contribution in [0, 0.1) is 12.8 Å². The lowest BCUT2D eigenvalue weighted by Crippen LogP contribution is -2.65. The van der Waals surface area contributed by atoms with E-state index in [9.17, 15) is 9.59 Å². The smallest absolute Gasteiger partial charge is 0.276 e. The van der Waals surface area contributed by atoms with Gasteiger partial charge in [0.05, 0.1) is 5.92 Å². The summed E-state index contributed by atoms with van der Waals surface area (Å²) < 4.78 is 5.50. The number of thiocarbonyl (C=S) groups is 1. The van der Waals surface area contributed by atoms with Gasteiger partial charge in [-0.1, -0.05) is 31.0 Å². The molecule has 2 N–H and O–H groups in total. The van der Waals surface area contributed by atoms with E-state index in [1.807, 2.05) is 25.1 Å². The van der Waals surface area contributed by atoms with Gasteiger partial charge in [0, 0.05) is 6.04 Å². The molecule has 7 heteroatoms. The van der Waals surface area contributed by atoms with Crippen LogP contribution in [0.2, 0.25) is 0 Å². The summed E-state index contributed by atoms with van der Waals surface area (Å²) in [7, 11) is 0. The Labute approximate surface area is 146 Å². The number of nitrogens with one attached hydrogen (secondary N) is 2. The number of rotatable bonds is 4. The van der Waals surface area contributed by atoms with Gasteiger partial charge in [0.1, 0.15) is 5.75 Å². The van der Waals surface area contributed by atoms with Crippen molar-refractivity contribution in [3.63, 3.8) is 0 Å². The topological polar surface area (TPSA) is 70.7 Å². The molecule has 1 heterocycles. The summed E-state index contributed by atoms with van der Waals surface area (Å²) in [5.41, 5.74) is 3.50. The van der Waals surface area contributed by atoms with Crippen LogP contribution in [-0.4, -0.2) is 34.6 Å². The quantitative estimate of drug-likeness (QED) is 0.811. The molecule has 1 aliphatic heterocycles. The van der Waals surface area contributed by atoms with Crippen LogP contribution >= 0.6 is 12.2 Å². The zero-order valence-corrected chi connectivity index (χ0v) is 14.4. The molecule has 1 aromatic carbocycles. The van der Waals surface area contributed by atoms with E-state index in [0.717, 1.165) is 36.3 Å². The first-order valence-electron chi connectivity index (χ1n) is 8.18. The van der Waals surface area contributed by atoms with Gasteiger partial charge in [-0.3, -0.25) is 15.0 Å². The number of hydrazine groups is 1. The monoisotopic (exact) mass is 347 g/mol. The van der Waals surface area contributed by atoms with Gasteiger partial charge in [-0.05, 0) is 43.6 Å². The van der Waals surface area contributed by atoms with E-state index in [0.29, 0.717) is 5.75 Å². The van der Waals surface area contributed by atoms with Crippen molar-refractivity contribution in [2.45, 2.75) is 38.6 Å². The minimum atomic E-state index is -0.412. The van der Waals surface area contributed by atoms with Gasteiger partial charge in [-0.25, -0.2) is 0 Å². The standard InChI is InChI=1S/C17H21N3O3S/c1-11-6-2-5-9-14(11)23-10-15(21)19-20-16(22)12-7-3-4-8-13(12)18-17(20)24/h2,5-6,9,12-13H,3-4,7-8,10H2,1H3,(H,18,24)(H,19,21). The molecule has 128 valence electrons. The summed E-state index contributed by atoms with van der Waals surface area (Å²) in [6.07, 6.45) is 3.89. The van der Waals surface area contributed by atoms with Crippen LogP contribution in [0.25, 0.3) is 0 Å². The number of amides is 2. The van der Waals surface area contributed by atoms with Crippen molar-refractivity contribution in [2.24, 2.45) is 5.92 Å². The predicted molar refractivity (Wildman–Crippen MR) is 93.1 cm³/mol. The Balaban J connectivity index is 1.58. The van der Waals surface area contributed by atoms with Crippen molar-refractivity contribution < 1.29 is 14.3 Å². The minimum Gasteiger partial charge on any atom is -0.483 e. The second-order valence-electron chi connectivity index (χ2n) is 6.21. The lowest BCUT2D eigenvalue weighted by Gasteiger charge is -2.41. The zero-order valence-electron chi connectivity index (χ0n) is 13.6. The fraction of sp³-hybridized carbons (Fsp3) is 0.471. The number of carbonyl (C=O) groups is 2. The summed E-state index contributed by atoms with van der Waals surface area (Å²) in [5.74, 6) is -0.0218. The van der Waals surface area contributed by atoms with Crippen LogP contribution in [0.15, 0.2) is 24.3 Å². The second kappa shape index (κ2) is 7.17. The van der Waals surface area contributed by atoms with Gasteiger partial charge in [-0.15, -0.1) is 0 Å². The van der Waals surface area contributed by atoms with Crippen LogP contribution < -0.4 is 15.5 Å². The molecular formula is C17H21N3O3S. The maximum absolute atomic E-state index is 12.6. The first-order chi connectivity index (χ1) is 11.6. The van der Waals surface area contributed by atoms with Crippen molar-refractivity contribution in [1.82, 2.24) is 15.8 Å². The van der Waals surface area contributed by atoms with E-state index >= 15 is 0 Å². The molecule has 1 saturated heterocycles. The van der Waals surface area contributed by atoms with Crippen molar-refractivity contribution in [1.29, 1.82) is 0 Å². The van der Waals surface area contributed by atoms with Gasteiger partial charge in [0.15, 0.2) is 11.7 Å². The number of nitrogens with zero attached hydrogens (tertiary/aromatic N) is 1. The molecule has 2 atom stereocenters. The molecule has 2 amide bonds. The largest absolute Gasteiger partial charge is 0.483 e. The molecule has 1 aliphatic carbocycles. The molecule has 1 saturated carbocycles. The molecule has 6 nitrogen and oxygen atoms in total. The van der Waals surface area contributed by atoms with E-state index in [4.69, 9.17) is 17.0 Å². The number of hydrogen-bond donors (Lipinski definition) is 2. The van der Waals surface area contributed by atoms with Gasteiger partial charge >= 0.3 is 0 Å². The van der Waals surface area contributed by atoms with Crippen molar-refractivity contribution in [2.75, 3.05) is 6.61 Å². The molecule has 0 radical (unpaired) electrons. The SMILES string of the molecule is Cc1ccccc1OCC(=O)NN1C(=O)C2CCCCC2NC1=S. The summed E-state index contributed by atoms with van der Waals surface area (Å²) in [4.78, 5) is 24.7. The van der Waals surface area contributed by atoms with Gasteiger partial charge in [0.25, 0.3) is 11.8 Å². The number of carbonyl (C=O) groups excluding carboxylic acids is 2. The number of ether oxygens (including phenoxy) is 1. The molecule has 0 aromatic heterocycles. The number of fused-ring (bicyclic) bond motifs is 1. The molecule has 0 spiro atoms. The minimum absolute atomic E-state index is 0.0927. The Morgan fingerprint density at radius 3 is 2.92 bits per heavy atom.